The lowest BCUT2D eigenvalue weighted by Gasteiger charge is -2.24. The number of allylic oxidation sites excluding steroid dienone is 1. The summed E-state index contributed by atoms with van der Waals surface area (Å²) in [6, 6.07) is 6.69. The van der Waals surface area contributed by atoms with E-state index in [4.69, 9.17) is 23.0 Å². The summed E-state index contributed by atoms with van der Waals surface area (Å²) in [6.45, 7) is 10.5. The molecular weight excluding hydrogens is 384 g/mol. The highest BCUT2D eigenvalue weighted by atomic mass is 16.8. The van der Waals surface area contributed by atoms with Crippen LogP contribution >= 0.6 is 0 Å². The topological polar surface area (TPSA) is 71.0 Å². The van der Waals surface area contributed by atoms with Crippen LogP contribution in [0.15, 0.2) is 55.8 Å². The smallest absolute Gasteiger partial charge is 0.336 e. The van der Waals surface area contributed by atoms with Crippen LogP contribution < -0.4 is 10.4 Å². The van der Waals surface area contributed by atoms with Crippen LogP contribution in [0.5, 0.6) is 5.75 Å². The second-order valence-electron chi connectivity index (χ2n) is 8.82. The molecule has 1 aliphatic heterocycles. The largest absolute Gasteiger partial charge is 0.488 e. The minimum absolute atomic E-state index is 0.0447. The van der Waals surface area contributed by atoms with E-state index in [2.05, 4.69) is 26.8 Å². The lowest BCUT2D eigenvalue weighted by atomic mass is 9.96. The Morgan fingerprint density at radius 1 is 1.13 bits per heavy atom. The predicted octanol–water partition coefficient (Wildman–Crippen LogP) is 5.57. The summed E-state index contributed by atoms with van der Waals surface area (Å²) in [5.41, 5.74) is 1.58. The number of hydrogen-bond acceptors (Lipinski definition) is 6. The van der Waals surface area contributed by atoms with Gasteiger partial charge in [-0.25, -0.2) is 4.79 Å². The van der Waals surface area contributed by atoms with Gasteiger partial charge in [0, 0.05) is 12.1 Å². The molecule has 0 aliphatic carbocycles. The van der Waals surface area contributed by atoms with Gasteiger partial charge in [-0.05, 0) is 65.7 Å². The van der Waals surface area contributed by atoms with E-state index >= 15 is 0 Å². The van der Waals surface area contributed by atoms with Gasteiger partial charge < -0.3 is 23.0 Å². The minimum Gasteiger partial charge on any atom is -0.488 e. The van der Waals surface area contributed by atoms with E-state index in [0.717, 1.165) is 23.6 Å². The molecule has 3 aromatic rings. The molecule has 160 valence electrons. The van der Waals surface area contributed by atoms with Crippen LogP contribution in [0.4, 0.5) is 0 Å². The maximum absolute atomic E-state index is 11.6. The third-order valence-corrected chi connectivity index (χ3v) is 5.48. The van der Waals surface area contributed by atoms with Gasteiger partial charge in [-0.3, -0.25) is 0 Å². The van der Waals surface area contributed by atoms with E-state index in [1.54, 1.807) is 18.4 Å². The third kappa shape index (κ3) is 4.16. The zero-order valence-corrected chi connectivity index (χ0v) is 18.1. The highest BCUT2D eigenvalue weighted by Gasteiger charge is 2.46. The fourth-order valence-corrected chi connectivity index (χ4v) is 4.11. The van der Waals surface area contributed by atoms with Gasteiger partial charge in [0.1, 0.15) is 23.5 Å². The number of benzene rings is 1. The molecule has 0 saturated carbocycles. The summed E-state index contributed by atoms with van der Waals surface area (Å²) in [7, 11) is 0. The Bertz CT molecular complexity index is 1150. The van der Waals surface area contributed by atoms with Crippen molar-refractivity contribution in [2.75, 3.05) is 6.61 Å². The first kappa shape index (κ1) is 20.7. The number of ether oxygens (including phenoxy) is 3. The lowest BCUT2D eigenvalue weighted by Crippen LogP contribution is -2.33. The molecule has 1 aliphatic rings. The quantitative estimate of drug-likeness (QED) is 0.389. The lowest BCUT2D eigenvalue weighted by molar-refractivity contribution is -0.157. The predicted molar refractivity (Wildman–Crippen MR) is 115 cm³/mol. The molecule has 0 bridgehead atoms. The Morgan fingerprint density at radius 3 is 2.63 bits per heavy atom. The van der Waals surface area contributed by atoms with Gasteiger partial charge in [-0.2, -0.15) is 0 Å². The van der Waals surface area contributed by atoms with E-state index in [-0.39, 0.29) is 11.7 Å². The van der Waals surface area contributed by atoms with Gasteiger partial charge in [-0.15, -0.1) is 0 Å². The summed E-state index contributed by atoms with van der Waals surface area (Å²) in [4.78, 5) is 11.6. The van der Waals surface area contributed by atoms with Crippen molar-refractivity contribution in [1.29, 1.82) is 0 Å². The van der Waals surface area contributed by atoms with Gasteiger partial charge in [0.05, 0.1) is 28.7 Å². The Morgan fingerprint density at radius 2 is 1.90 bits per heavy atom. The average molecular weight is 412 g/mol. The summed E-state index contributed by atoms with van der Waals surface area (Å²) < 4.78 is 28.9. The van der Waals surface area contributed by atoms with E-state index in [1.807, 2.05) is 19.9 Å². The van der Waals surface area contributed by atoms with Crippen molar-refractivity contribution in [3.8, 4) is 5.75 Å². The highest BCUT2D eigenvalue weighted by molar-refractivity contribution is 6.01. The van der Waals surface area contributed by atoms with Crippen LogP contribution in [0.3, 0.4) is 0 Å². The van der Waals surface area contributed by atoms with Crippen LogP contribution in [0.1, 0.15) is 47.5 Å². The van der Waals surface area contributed by atoms with Crippen LogP contribution in [0.25, 0.3) is 21.9 Å². The molecule has 0 unspecified atom stereocenters. The zero-order valence-electron chi connectivity index (χ0n) is 18.1. The zero-order chi connectivity index (χ0) is 21.5. The molecule has 6 nitrogen and oxygen atoms in total. The maximum atomic E-state index is 11.6. The molecule has 1 aromatic carbocycles. The molecule has 0 amide bonds. The molecule has 2 aromatic heterocycles. The maximum Gasteiger partial charge on any atom is 0.336 e. The van der Waals surface area contributed by atoms with E-state index in [0.29, 0.717) is 23.5 Å². The SMILES string of the molecule is CC(=CCOc1c2ccoc2cc2oc(=O)ccc12)CC[C@H]1OC(C)(C)OC1(C)C. The second-order valence-corrected chi connectivity index (χ2v) is 8.82. The van der Waals surface area contributed by atoms with Gasteiger partial charge in [-0.1, -0.05) is 5.57 Å². The monoisotopic (exact) mass is 412 g/mol. The first-order chi connectivity index (χ1) is 14.1. The van der Waals surface area contributed by atoms with Gasteiger partial charge in [0.2, 0.25) is 0 Å². The normalized spacial score (nSPS) is 20.8. The summed E-state index contributed by atoms with van der Waals surface area (Å²) in [6.07, 6.45) is 5.48. The van der Waals surface area contributed by atoms with E-state index in [9.17, 15) is 4.79 Å². The molecule has 0 N–H and O–H groups in total. The van der Waals surface area contributed by atoms with E-state index in [1.165, 1.54) is 11.6 Å². The number of furan rings is 1. The molecule has 4 rings (SSSR count). The second kappa shape index (κ2) is 7.60. The molecule has 30 heavy (non-hydrogen) atoms. The van der Waals surface area contributed by atoms with Gasteiger partial charge in [0.25, 0.3) is 0 Å². The van der Waals surface area contributed by atoms with Crippen molar-refractivity contribution in [2.24, 2.45) is 0 Å². The Labute approximate surface area is 175 Å². The summed E-state index contributed by atoms with van der Waals surface area (Å²) >= 11 is 0. The molecule has 1 fully saturated rings. The molecular formula is C24H28O6. The molecule has 1 saturated heterocycles. The van der Waals surface area contributed by atoms with Crippen molar-refractivity contribution in [3.05, 3.63) is 52.6 Å². The Kier molecular flexibility index (Phi) is 5.24. The molecule has 0 spiro atoms. The summed E-state index contributed by atoms with van der Waals surface area (Å²) in [5.74, 6) is 0.105. The third-order valence-electron chi connectivity index (χ3n) is 5.48. The standard InChI is InChI=1S/C24H28O6/c1-15(6-8-20-23(2,3)30-24(4,5)29-20)10-12-27-22-16-7-9-21(25)28-19(16)14-18-17(22)11-13-26-18/h7,9-11,13-14,20H,6,8,12H2,1-5H3/t20-/m1/s1. The fraction of sp³-hybridized carbons (Fsp3) is 0.458. The number of fused-ring (bicyclic) bond motifs is 2. The molecule has 1 atom stereocenters. The average Bonchev–Trinajstić information content (AvgIpc) is 3.19. The van der Waals surface area contributed by atoms with Crippen molar-refractivity contribution in [1.82, 2.24) is 0 Å². The van der Waals surface area contributed by atoms with Crippen LogP contribution in [-0.2, 0) is 9.47 Å². The van der Waals surface area contributed by atoms with Crippen molar-refractivity contribution in [3.63, 3.8) is 0 Å². The first-order valence-corrected chi connectivity index (χ1v) is 10.3. The fourth-order valence-electron chi connectivity index (χ4n) is 4.11. The van der Waals surface area contributed by atoms with Crippen molar-refractivity contribution in [2.45, 2.75) is 65.0 Å². The Hall–Kier alpha value is -2.57. The van der Waals surface area contributed by atoms with Crippen LogP contribution in [0.2, 0.25) is 0 Å². The van der Waals surface area contributed by atoms with Crippen molar-refractivity contribution < 1.29 is 23.0 Å². The molecule has 0 radical (unpaired) electrons. The number of hydrogen-bond donors (Lipinski definition) is 0. The van der Waals surface area contributed by atoms with Crippen molar-refractivity contribution >= 4 is 21.9 Å². The first-order valence-electron chi connectivity index (χ1n) is 10.3. The minimum atomic E-state index is -0.547. The molecule has 3 heterocycles. The van der Waals surface area contributed by atoms with Crippen LogP contribution in [0, 0.1) is 0 Å². The Balaban J connectivity index is 1.46. The summed E-state index contributed by atoms with van der Waals surface area (Å²) in [5, 5.41) is 1.60. The van der Waals surface area contributed by atoms with Crippen LogP contribution in [-0.4, -0.2) is 24.1 Å². The van der Waals surface area contributed by atoms with Gasteiger partial charge in [0.15, 0.2) is 5.79 Å². The van der Waals surface area contributed by atoms with Gasteiger partial charge >= 0.3 is 5.63 Å². The number of rotatable bonds is 6. The van der Waals surface area contributed by atoms with E-state index < -0.39 is 11.4 Å². The highest BCUT2D eigenvalue weighted by Crippen LogP contribution is 2.38. The molecule has 6 heteroatoms.